The molecule has 1 aromatic rings. The Morgan fingerprint density at radius 2 is 2.44 bits per heavy atom. The summed E-state index contributed by atoms with van der Waals surface area (Å²) >= 11 is 0. The predicted octanol–water partition coefficient (Wildman–Crippen LogP) is 1.11. The lowest BCUT2D eigenvalue weighted by molar-refractivity contribution is -0.130. The highest BCUT2D eigenvalue weighted by Crippen LogP contribution is 2.31. The zero-order valence-electron chi connectivity index (χ0n) is 11.2. The molecular formula is C13H22N4O. The van der Waals surface area contributed by atoms with Gasteiger partial charge in [0, 0.05) is 24.3 Å². The fraction of sp³-hybridized carbons (Fsp3) is 0.692. The number of hydrogen-bond donors (Lipinski definition) is 3. The van der Waals surface area contributed by atoms with Crippen molar-refractivity contribution >= 4 is 5.91 Å². The van der Waals surface area contributed by atoms with Crippen LogP contribution < -0.4 is 10.6 Å². The number of nitrogens with one attached hydrogen (secondary N) is 3. The number of aryl methyl sites for hydroxylation is 1. The molecule has 1 saturated heterocycles. The molecule has 0 spiro atoms. The SMILES string of the molecule is CCCC1(C(=O)NCc2cn[nH]c2C)CCNC1. The van der Waals surface area contributed by atoms with E-state index in [0.717, 1.165) is 43.6 Å². The van der Waals surface area contributed by atoms with Crippen LogP contribution in [0.3, 0.4) is 0 Å². The Labute approximate surface area is 108 Å². The molecule has 1 aromatic heterocycles. The van der Waals surface area contributed by atoms with Crippen LogP contribution in [0.2, 0.25) is 0 Å². The molecule has 5 heteroatoms. The van der Waals surface area contributed by atoms with Crippen LogP contribution in [0, 0.1) is 12.3 Å². The maximum atomic E-state index is 12.4. The van der Waals surface area contributed by atoms with Gasteiger partial charge in [0.2, 0.25) is 5.91 Å². The molecule has 1 aliphatic rings. The lowest BCUT2D eigenvalue weighted by Gasteiger charge is -2.26. The van der Waals surface area contributed by atoms with Gasteiger partial charge in [-0.15, -0.1) is 0 Å². The first-order valence-corrected chi connectivity index (χ1v) is 6.66. The van der Waals surface area contributed by atoms with Crippen molar-refractivity contribution in [3.8, 4) is 0 Å². The van der Waals surface area contributed by atoms with Gasteiger partial charge in [-0.05, 0) is 26.3 Å². The predicted molar refractivity (Wildman–Crippen MR) is 70.0 cm³/mol. The van der Waals surface area contributed by atoms with Crippen molar-refractivity contribution in [2.75, 3.05) is 13.1 Å². The van der Waals surface area contributed by atoms with E-state index in [1.807, 2.05) is 6.92 Å². The Hall–Kier alpha value is -1.36. The Kier molecular flexibility index (Phi) is 4.01. The van der Waals surface area contributed by atoms with Crippen molar-refractivity contribution in [2.45, 2.75) is 39.7 Å². The molecule has 2 rings (SSSR count). The summed E-state index contributed by atoms with van der Waals surface area (Å²) in [7, 11) is 0. The second-order valence-electron chi connectivity index (χ2n) is 5.16. The number of H-pyrrole nitrogens is 1. The average Bonchev–Trinajstić information content (AvgIpc) is 2.97. The van der Waals surface area contributed by atoms with E-state index in [0.29, 0.717) is 6.54 Å². The summed E-state index contributed by atoms with van der Waals surface area (Å²) in [6, 6.07) is 0. The third-order valence-electron chi connectivity index (χ3n) is 3.83. The van der Waals surface area contributed by atoms with E-state index in [1.165, 1.54) is 0 Å². The molecule has 18 heavy (non-hydrogen) atoms. The van der Waals surface area contributed by atoms with E-state index in [-0.39, 0.29) is 11.3 Å². The minimum atomic E-state index is -0.202. The van der Waals surface area contributed by atoms with Crippen LogP contribution in [0.15, 0.2) is 6.20 Å². The maximum Gasteiger partial charge on any atom is 0.227 e. The fourth-order valence-corrected chi connectivity index (χ4v) is 2.66. The van der Waals surface area contributed by atoms with Gasteiger partial charge in [-0.25, -0.2) is 0 Å². The molecule has 1 unspecified atom stereocenters. The van der Waals surface area contributed by atoms with Gasteiger partial charge in [-0.2, -0.15) is 5.10 Å². The van der Waals surface area contributed by atoms with Gasteiger partial charge in [0.25, 0.3) is 0 Å². The Morgan fingerprint density at radius 3 is 3.00 bits per heavy atom. The van der Waals surface area contributed by atoms with E-state index in [2.05, 4.69) is 27.8 Å². The van der Waals surface area contributed by atoms with Gasteiger partial charge in [0.05, 0.1) is 11.6 Å². The number of amides is 1. The Balaban J connectivity index is 1.96. The Bertz CT molecular complexity index is 407. The van der Waals surface area contributed by atoms with Crippen LogP contribution in [0.4, 0.5) is 0 Å². The summed E-state index contributed by atoms with van der Waals surface area (Å²) < 4.78 is 0. The second-order valence-corrected chi connectivity index (χ2v) is 5.16. The van der Waals surface area contributed by atoms with E-state index in [9.17, 15) is 4.79 Å². The Morgan fingerprint density at radius 1 is 1.61 bits per heavy atom. The number of aromatic amines is 1. The summed E-state index contributed by atoms with van der Waals surface area (Å²) in [5.41, 5.74) is 1.87. The molecule has 100 valence electrons. The smallest absolute Gasteiger partial charge is 0.227 e. The summed E-state index contributed by atoms with van der Waals surface area (Å²) in [6.45, 7) is 6.41. The molecule has 1 aliphatic heterocycles. The average molecular weight is 250 g/mol. The van der Waals surface area contributed by atoms with E-state index >= 15 is 0 Å². The van der Waals surface area contributed by atoms with E-state index in [1.54, 1.807) is 6.20 Å². The van der Waals surface area contributed by atoms with Gasteiger partial charge in [0.1, 0.15) is 0 Å². The monoisotopic (exact) mass is 250 g/mol. The highest BCUT2D eigenvalue weighted by molar-refractivity contribution is 5.83. The highest BCUT2D eigenvalue weighted by Gasteiger charge is 2.39. The van der Waals surface area contributed by atoms with Crippen LogP contribution in [0.1, 0.15) is 37.4 Å². The van der Waals surface area contributed by atoms with Crippen LogP contribution in [0.25, 0.3) is 0 Å². The molecule has 0 radical (unpaired) electrons. The highest BCUT2D eigenvalue weighted by atomic mass is 16.2. The summed E-state index contributed by atoms with van der Waals surface area (Å²) in [6.07, 6.45) is 4.71. The zero-order chi connectivity index (χ0) is 13.0. The number of aromatic nitrogens is 2. The first-order chi connectivity index (χ1) is 8.68. The molecule has 3 N–H and O–H groups in total. The summed E-state index contributed by atoms with van der Waals surface area (Å²) in [5, 5.41) is 13.2. The summed E-state index contributed by atoms with van der Waals surface area (Å²) in [5.74, 6) is 0.176. The maximum absolute atomic E-state index is 12.4. The molecule has 0 bridgehead atoms. The van der Waals surface area contributed by atoms with Crippen LogP contribution >= 0.6 is 0 Å². The van der Waals surface area contributed by atoms with Gasteiger partial charge in [-0.3, -0.25) is 9.89 Å². The number of hydrogen-bond acceptors (Lipinski definition) is 3. The molecular weight excluding hydrogens is 228 g/mol. The minimum absolute atomic E-state index is 0.176. The molecule has 1 fully saturated rings. The van der Waals surface area contributed by atoms with Crippen LogP contribution in [-0.4, -0.2) is 29.2 Å². The zero-order valence-corrected chi connectivity index (χ0v) is 11.2. The molecule has 5 nitrogen and oxygen atoms in total. The summed E-state index contributed by atoms with van der Waals surface area (Å²) in [4.78, 5) is 12.4. The molecule has 1 amide bonds. The third kappa shape index (κ3) is 2.56. The van der Waals surface area contributed by atoms with Gasteiger partial charge in [-0.1, -0.05) is 13.3 Å². The quantitative estimate of drug-likeness (QED) is 0.733. The van der Waals surface area contributed by atoms with Crippen molar-refractivity contribution in [3.63, 3.8) is 0 Å². The molecule has 0 aliphatic carbocycles. The standard InChI is InChI=1S/C13H22N4O/c1-3-4-13(5-6-14-9-13)12(18)15-7-11-8-16-17-10(11)2/h8,14H,3-7,9H2,1-2H3,(H,15,18)(H,16,17). The van der Waals surface area contributed by atoms with Crippen molar-refractivity contribution in [2.24, 2.45) is 5.41 Å². The third-order valence-corrected chi connectivity index (χ3v) is 3.83. The second kappa shape index (κ2) is 5.52. The van der Waals surface area contributed by atoms with Crippen molar-refractivity contribution in [3.05, 3.63) is 17.5 Å². The molecule has 2 heterocycles. The minimum Gasteiger partial charge on any atom is -0.351 e. The molecule has 0 aromatic carbocycles. The van der Waals surface area contributed by atoms with Gasteiger partial charge < -0.3 is 10.6 Å². The van der Waals surface area contributed by atoms with Crippen LogP contribution in [0.5, 0.6) is 0 Å². The molecule has 0 saturated carbocycles. The lowest BCUT2D eigenvalue weighted by atomic mass is 9.81. The van der Waals surface area contributed by atoms with Gasteiger partial charge >= 0.3 is 0 Å². The van der Waals surface area contributed by atoms with Crippen molar-refractivity contribution < 1.29 is 4.79 Å². The molecule has 1 atom stereocenters. The van der Waals surface area contributed by atoms with Crippen molar-refractivity contribution in [1.82, 2.24) is 20.8 Å². The van der Waals surface area contributed by atoms with E-state index < -0.39 is 0 Å². The first-order valence-electron chi connectivity index (χ1n) is 6.66. The lowest BCUT2D eigenvalue weighted by Crippen LogP contribution is -2.42. The fourth-order valence-electron chi connectivity index (χ4n) is 2.66. The normalized spacial score (nSPS) is 23.2. The van der Waals surface area contributed by atoms with Crippen molar-refractivity contribution in [1.29, 1.82) is 0 Å². The number of carbonyl (C=O) groups excluding carboxylic acids is 1. The first kappa shape index (κ1) is 13.1. The topological polar surface area (TPSA) is 69.8 Å². The number of rotatable bonds is 5. The van der Waals surface area contributed by atoms with Crippen LogP contribution in [-0.2, 0) is 11.3 Å². The number of nitrogens with zero attached hydrogens (tertiary/aromatic N) is 1. The van der Waals surface area contributed by atoms with Gasteiger partial charge in [0.15, 0.2) is 0 Å². The largest absolute Gasteiger partial charge is 0.351 e. The van der Waals surface area contributed by atoms with E-state index in [4.69, 9.17) is 0 Å². The number of carbonyl (C=O) groups is 1.